The van der Waals surface area contributed by atoms with Gasteiger partial charge in [-0.05, 0) is 18.4 Å². The molecule has 2 unspecified atom stereocenters. The Bertz CT molecular complexity index is 528. The van der Waals surface area contributed by atoms with Crippen molar-refractivity contribution in [3.63, 3.8) is 0 Å². The Morgan fingerprint density at radius 1 is 1.30 bits per heavy atom. The lowest BCUT2D eigenvalue weighted by Crippen LogP contribution is -2.59. The Balaban J connectivity index is 2.21. The van der Waals surface area contributed by atoms with Gasteiger partial charge in [0.2, 0.25) is 10.0 Å². The smallest absolute Gasteiger partial charge is 0.218 e. The van der Waals surface area contributed by atoms with Crippen LogP contribution >= 0.6 is 0 Å². The van der Waals surface area contributed by atoms with E-state index in [0.717, 1.165) is 12.1 Å². The molecule has 0 aliphatic carbocycles. The largest absolute Gasteiger partial charge is 0.311 e. The molecule has 1 fully saturated rings. The Hall–Kier alpha value is -0.910. The van der Waals surface area contributed by atoms with Gasteiger partial charge < -0.3 is 5.32 Å². The Kier molecular flexibility index (Phi) is 4.83. The van der Waals surface area contributed by atoms with Crippen LogP contribution in [0.1, 0.15) is 26.3 Å². The van der Waals surface area contributed by atoms with E-state index in [-0.39, 0.29) is 17.8 Å². The highest BCUT2D eigenvalue weighted by Gasteiger charge is 2.36. The molecule has 1 aromatic carbocycles. The van der Waals surface area contributed by atoms with Gasteiger partial charge in [-0.15, -0.1) is 0 Å². The van der Waals surface area contributed by atoms with Crippen LogP contribution in [-0.4, -0.2) is 37.9 Å². The van der Waals surface area contributed by atoms with E-state index in [4.69, 9.17) is 0 Å². The normalized spacial score (nSPS) is 25.0. The molecule has 0 radical (unpaired) electrons. The van der Waals surface area contributed by atoms with Gasteiger partial charge in [-0.3, -0.25) is 0 Å². The number of rotatable bonds is 4. The van der Waals surface area contributed by atoms with Crippen LogP contribution in [0.3, 0.4) is 0 Å². The van der Waals surface area contributed by atoms with Gasteiger partial charge in [0.1, 0.15) is 0 Å². The topological polar surface area (TPSA) is 49.4 Å². The lowest BCUT2D eigenvalue weighted by atomic mass is 10.0. The molecule has 112 valence electrons. The summed E-state index contributed by atoms with van der Waals surface area (Å²) in [6.45, 7) is 7.47. The van der Waals surface area contributed by atoms with Crippen molar-refractivity contribution in [2.75, 3.05) is 13.1 Å². The second-order valence-corrected chi connectivity index (χ2v) is 7.85. The van der Waals surface area contributed by atoms with Gasteiger partial charge >= 0.3 is 0 Å². The minimum absolute atomic E-state index is 0.0416. The molecule has 0 amide bonds. The molecule has 0 saturated carbocycles. The number of piperazine rings is 1. The van der Waals surface area contributed by atoms with Crippen LogP contribution in [0.25, 0.3) is 0 Å². The van der Waals surface area contributed by atoms with Crippen LogP contribution in [0.15, 0.2) is 30.3 Å². The van der Waals surface area contributed by atoms with E-state index < -0.39 is 10.0 Å². The minimum Gasteiger partial charge on any atom is -0.311 e. The third-order valence-electron chi connectivity index (χ3n) is 3.82. The third-order valence-corrected chi connectivity index (χ3v) is 5.65. The van der Waals surface area contributed by atoms with Crippen molar-refractivity contribution in [2.24, 2.45) is 5.92 Å². The molecule has 2 atom stereocenters. The molecule has 1 N–H and O–H groups in total. The number of hydrogen-bond acceptors (Lipinski definition) is 3. The van der Waals surface area contributed by atoms with E-state index in [2.05, 4.69) is 19.2 Å². The quantitative estimate of drug-likeness (QED) is 0.922. The van der Waals surface area contributed by atoms with Crippen molar-refractivity contribution < 1.29 is 8.42 Å². The summed E-state index contributed by atoms with van der Waals surface area (Å²) in [6.07, 6.45) is 0. The van der Waals surface area contributed by atoms with Crippen molar-refractivity contribution in [3.8, 4) is 0 Å². The van der Waals surface area contributed by atoms with E-state index in [1.165, 1.54) is 0 Å². The fourth-order valence-corrected chi connectivity index (χ4v) is 4.61. The summed E-state index contributed by atoms with van der Waals surface area (Å²) in [5.74, 6) is 0.393. The molecule has 1 saturated heterocycles. The summed E-state index contributed by atoms with van der Waals surface area (Å²) in [5, 5.41) is 3.37. The van der Waals surface area contributed by atoms with Gasteiger partial charge in [0, 0.05) is 25.2 Å². The summed E-state index contributed by atoms with van der Waals surface area (Å²) >= 11 is 0. The molecular weight excluding hydrogens is 272 g/mol. The summed E-state index contributed by atoms with van der Waals surface area (Å²) < 4.78 is 27.1. The zero-order valence-electron chi connectivity index (χ0n) is 12.4. The molecule has 1 aliphatic heterocycles. The van der Waals surface area contributed by atoms with Crippen molar-refractivity contribution in [1.29, 1.82) is 0 Å². The van der Waals surface area contributed by atoms with E-state index in [1.54, 1.807) is 4.31 Å². The maximum Gasteiger partial charge on any atom is 0.218 e. The first kappa shape index (κ1) is 15.5. The van der Waals surface area contributed by atoms with E-state index >= 15 is 0 Å². The van der Waals surface area contributed by atoms with E-state index in [9.17, 15) is 8.42 Å². The van der Waals surface area contributed by atoms with E-state index in [0.29, 0.717) is 12.5 Å². The first-order valence-electron chi connectivity index (χ1n) is 7.17. The van der Waals surface area contributed by atoms with Gasteiger partial charge in [-0.25, -0.2) is 8.42 Å². The molecule has 4 nitrogen and oxygen atoms in total. The molecule has 5 heteroatoms. The van der Waals surface area contributed by atoms with Crippen molar-refractivity contribution >= 4 is 10.0 Å². The second kappa shape index (κ2) is 6.24. The molecule has 0 spiro atoms. The zero-order chi connectivity index (χ0) is 14.8. The van der Waals surface area contributed by atoms with Crippen LogP contribution in [0.2, 0.25) is 0 Å². The standard InChI is InChI=1S/C15H24N2O2S/c1-12(2)15-9-16-13(3)10-17(15)20(18,19)11-14-7-5-4-6-8-14/h4-8,12-13,15-16H,9-11H2,1-3H3. The van der Waals surface area contributed by atoms with Crippen LogP contribution < -0.4 is 5.32 Å². The molecule has 1 heterocycles. The Morgan fingerprint density at radius 2 is 1.95 bits per heavy atom. The van der Waals surface area contributed by atoms with Crippen molar-refractivity contribution in [1.82, 2.24) is 9.62 Å². The van der Waals surface area contributed by atoms with Crippen LogP contribution in [-0.2, 0) is 15.8 Å². The van der Waals surface area contributed by atoms with E-state index in [1.807, 2.05) is 37.3 Å². The van der Waals surface area contributed by atoms with Gasteiger partial charge in [0.25, 0.3) is 0 Å². The summed E-state index contributed by atoms with van der Waals surface area (Å²) in [7, 11) is -3.27. The predicted octanol–water partition coefficient (Wildman–Crippen LogP) is 1.83. The third kappa shape index (κ3) is 3.59. The SMILES string of the molecule is CC1CN(S(=O)(=O)Cc2ccccc2)C(C(C)C)CN1. The highest BCUT2D eigenvalue weighted by atomic mass is 32.2. The predicted molar refractivity (Wildman–Crippen MR) is 81.9 cm³/mol. The molecular formula is C15H24N2O2S. The van der Waals surface area contributed by atoms with Gasteiger partial charge in [-0.1, -0.05) is 44.2 Å². The monoisotopic (exact) mass is 296 g/mol. The first-order chi connectivity index (χ1) is 9.40. The van der Waals surface area contributed by atoms with Gasteiger partial charge in [0.05, 0.1) is 5.75 Å². The minimum atomic E-state index is -3.27. The molecule has 0 aromatic heterocycles. The lowest BCUT2D eigenvalue weighted by Gasteiger charge is -2.40. The highest BCUT2D eigenvalue weighted by Crippen LogP contribution is 2.21. The number of hydrogen-bond donors (Lipinski definition) is 1. The molecule has 1 aromatic rings. The summed E-state index contributed by atoms with van der Waals surface area (Å²) in [6, 6.07) is 9.65. The number of sulfonamides is 1. The average Bonchev–Trinajstić information content (AvgIpc) is 2.39. The number of benzene rings is 1. The zero-order valence-corrected chi connectivity index (χ0v) is 13.2. The number of nitrogens with zero attached hydrogens (tertiary/aromatic N) is 1. The first-order valence-corrected chi connectivity index (χ1v) is 8.78. The van der Waals surface area contributed by atoms with Crippen molar-refractivity contribution in [2.45, 2.75) is 38.6 Å². The average molecular weight is 296 g/mol. The maximum absolute atomic E-state index is 12.7. The number of nitrogens with one attached hydrogen (secondary N) is 1. The molecule has 20 heavy (non-hydrogen) atoms. The fourth-order valence-electron chi connectivity index (χ4n) is 2.65. The van der Waals surface area contributed by atoms with Crippen molar-refractivity contribution in [3.05, 3.63) is 35.9 Å². The Morgan fingerprint density at radius 3 is 2.55 bits per heavy atom. The Labute approximate surface area is 122 Å². The molecule has 0 bridgehead atoms. The van der Waals surface area contributed by atoms with Crippen LogP contribution in [0, 0.1) is 5.92 Å². The van der Waals surface area contributed by atoms with Gasteiger partial charge in [0.15, 0.2) is 0 Å². The summed E-state index contributed by atoms with van der Waals surface area (Å²) in [5.41, 5.74) is 0.848. The molecule has 2 rings (SSSR count). The van der Waals surface area contributed by atoms with Crippen LogP contribution in [0.4, 0.5) is 0 Å². The van der Waals surface area contributed by atoms with Crippen LogP contribution in [0.5, 0.6) is 0 Å². The second-order valence-electron chi connectivity index (χ2n) is 5.93. The maximum atomic E-state index is 12.7. The lowest BCUT2D eigenvalue weighted by molar-refractivity contribution is 0.188. The fraction of sp³-hybridized carbons (Fsp3) is 0.600. The van der Waals surface area contributed by atoms with Gasteiger partial charge in [-0.2, -0.15) is 4.31 Å². The summed E-state index contributed by atoms with van der Waals surface area (Å²) in [4.78, 5) is 0. The highest BCUT2D eigenvalue weighted by molar-refractivity contribution is 7.88. The molecule has 1 aliphatic rings.